The smallest absolute Gasteiger partial charge is 0.103 e. The summed E-state index contributed by atoms with van der Waals surface area (Å²) in [5.74, 6) is 0. The Balaban J connectivity index is 2.01. The summed E-state index contributed by atoms with van der Waals surface area (Å²) in [6.45, 7) is 0. The van der Waals surface area contributed by atoms with Gasteiger partial charge in [-0.3, -0.25) is 0 Å². The summed E-state index contributed by atoms with van der Waals surface area (Å²) in [6, 6.07) is 30.0. The maximum absolute atomic E-state index is 11.0. The minimum atomic E-state index is -0.608. The van der Waals surface area contributed by atoms with Crippen molar-refractivity contribution >= 4 is 5.69 Å². The second kappa shape index (κ2) is 7.12. The normalized spacial score (nSPS) is 13.3. The van der Waals surface area contributed by atoms with Crippen LogP contribution in [0.5, 0.6) is 0 Å². The molecule has 0 amide bonds. The molecule has 3 rings (SSSR count). The minimum Gasteiger partial charge on any atom is -0.386 e. The molecule has 0 bridgehead atoms. The molecular formula is C21H21NO. The topological polar surface area (TPSA) is 23.5 Å². The van der Waals surface area contributed by atoms with Crippen LogP contribution in [0.25, 0.3) is 0 Å². The zero-order chi connectivity index (χ0) is 16.1. The number of likely N-dealkylation sites (N-methyl/N-ethyl adjacent to an activating group) is 1. The van der Waals surface area contributed by atoms with Crippen LogP contribution in [-0.2, 0) is 0 Å². The molecule has 0 saturated carbocycles. The lowest BCUT2D eigenvalue weighted by atomic mass is 9.94. The second-order valence-corrected chi connectivity index (χ2v) is 5.66. The van der Waals surface area contributed by atoms with E-state index in [-0.39, 0.29) is 6.04 Å². The van der Waals surface area contributed by atoms with Crippen LogP contribution >= 0.6 is 0 Å². The fourth-order valence-electron chi connectivity index (χ4n) is 2.92. The minimum absolute atomic E-state index is 0.152. The van der Waals surface area contributed by atoms with Gasteiger partial charge in [0.1, 0.15) is 6.10 Å². The summed E-state index contributed by atoms with van der Waals surface area (Å²) in [4.78, 5) is 2.13. The fourth-order valence-corrected chi connectivity index (χ4v) is 2.92. The Hall–Kier alpha value is -2.58. The van der Waals surface area contributed by atoms with E-state index in [2.05, 4.69) is 29.2 Å². The first kappa shape index (κ1) is 15.3. The largest absolute Gasteiger partial charge is 0.386 e. The standard InChI is InChI=1S/C21H21NO/c1-22(19-15-9-4-10-16-19)20(17-11-5-2-6-12-17)21(23)18-13-7-3-8-14-18/h2-16,20-21,23H,1H3/t20?,21-/m0/s1. The highest BCUT2D eigenvalue weighted by molar-refractivity contribution is 5.49. The first-order chi connectivity index (χ1) is 11.3. The van der Waals surface area contributed by atoms with Crippen LogP contribution in [0.3, 0.4) is 0 Å². The van der Waals surface area contributed by atoms with Crippen LogP contribution in [0.15, 0.2) is 91.0 Å². The van der Waals surface area contributed by atoms with Gasteiger partial charge in [0, 0.05) is 12.7 Å². The summed E-state index contributed by atoms with van der Waals surface area (Å²) in [5, 5.41) is 11.0. The van der Waals surface area contributed by atoms with Gasteiger partial charge in [0.15, 0.2) is 0 Å². The number of aliphatic hydroxyl groups excluding tert-OH is 1. The summed E-state index contributed by atoms with van der Waals surface area (Å²) in [6.07, 6.45) is -0.608. The van der Waals surface area contributed by atoms with Gasteiger partial charge in [-0.25, -0.2) is 0 Å². The number of hydrogen-bond donors (Lipinski definition) is 1. The molecule has 2 heteroatoms. The number of para-hydroxylation sites is 1. The number of rotatable bonds is 5. The molecule has 0 aromatic heterocycles. The Kier molecular flexibility index (Phi) is 4.74. The average molecular weight is 303 g/mol. The Morgan fingerprint density at radius 3 is 1.61 bits per heavy atom. The van der Waals surface area contributed by atoms with Crippen molar-refractivity contribution in [2.45, 2.75) is 12.1 Å². The Labute approximate surface area is 137 Å². The van der Waals surface area contributed by atoms with E-state index in [1.54, 1.807) is 0 Å². The Bertz CT molecular complexity index is 667. The van der Waals surface area contributed by atoms with E-state index in [1.807, 2.05) is 73.8 Å². The first-order valence-corrected chi connectivity index (χ1v) is 7.83. The van der Waals surface area contributed by atoms with Gasteiger partial charge in [-0.05, 0) is 23.3 Å². The van der Waals surface area contributed by atoms with Gasteiger partial charge in [0.05, 0.1) is 6.04 Å². The van der Waals surface area contributed by atoms with Crippen LogP contribution < -0.4 is 4.90 Å². The number of benzene rings is 3. The van der Waals surface area contributed by atoms with E-state index in [9.17, 15) is 5.11 Å². The second-order valence-electron chi connectivity index (χ2n) is 5.66. The maximum atomic E-state index is 11.0. The van der Waals surface area contributed by atoms with Gasteiger partial charge in [-0.15, -0.1) is 0 Å². The third-order valence-electron chi connectivity index (χ3n) is 4.16. The lowest BCUT2D eigenvalue weighted by molar-refractivity contribution is 0.144. The molecule has 0 saturated heterocycles. The van der Waals surface area contributed by atoms with E-state index in [4.69, 9.17) is 0 Å². The van der Waals surface area contributed by atoms with E-state index >= 15 is 0 Å². The highest BCUT2D eigenvalue weighted by Gasteiger charge is 2.26. The van der Waals surface area contributed by atoms with Crippen molar-refractivity contribution in [3.8, 4) is 0 Å². The van der Waals surface area contributed by atoms with Gasteiger partial charge in [0.2, 0.25) is 0 Å². The van der Waals surface area contributed by atoms with Crippen molar-refractivity contribution in [2.24, 2.45) is 0 Å². The molecule has 0 aliphatic heterocycles. The zero-order valence-corrected chi connectivity index (χ0v) is 13.2. The van der Waals surface area contributed by atoms with Crippen LogP contribution in [-0.4, -0.2) is 12.2 Å². The molecule has 0 aliphatic carbocycles. The molecule has 2 nitrogen and oxygen atoms in total. The molecule has 1 unspecified atom stereocenters. The van der Waals surface area contributed by atoms with Gasteiger partial charge in [-0.2, -0.15) is 0 Å². The van der Waals surface area contributed by atoms with Gasteiger partial charge < -0.3 is 10.0 Å². The molecule has 2 atom stereocenters. The highest BCUT2D eigenvalue weighted by atomic mass is 16.3. The molecule has 0 aliphatic rings. The van der Waals surface area contributed by atoms with Crippen LogP contribution in [0.1, 0.15) is 23.3 Å². The first-order valence-electron chi connectivity index (χ1n) is 7.83. The van der Waals surface area contributed by atoms with E-state index in [1.165, 1.54) is 0 Å². The van der Waals surface area contributed by atoms with Crippen molar-refractivity contribution in [3.05, 3.63) is 102 Å². The molecule has 116 valence electrons. The quantitative estimate of drug-likeness (QED) is 0.744. The van der Waals surface area contributed by atoms with Gasteiger partial charge in [-0.1, -0.05) is 78.9 Å². The van der Waals surface area contributed by atoms with Crippen molar-refractivity contribution in [1.29, 1.82) is 0 Å². The fraction of sp³-hybridized carbons (Fsp3) is 0.143. The number of nitrogens with zero attached hydrogens (tertiary/aromatic N) is 1. The molecular weight excluding hydrogens is 282 g/mol. The average Bonchev–Trinajstić information content (AvgIpc) is 2.64. The van der Waals surface area contributed by atoms with Gasteiger partial charge in [0.25, 0.3) is 0 Å². The van der Waals surface area contributed by atoms with Crippen molar-refractivity contribution in [2.75, 3.05) is 11.9 Å². The summed E-state index contributed by atoms with van der Waals surface area (Å²) >= 11 is 0. The summed E-state index contributed by atoms with van der Waals surface area (Å²) < 4.78 is 0. The summed E-state index contributed by atoms with van der Waals surface area (Å²) in [5.41, 5.74) is 3.09. The van der Waals surface area contributed by atoms with Crippen molar-refractivity contribution in [1.82, 2.24) is 0 Å². The van der Waals surface area contributed by atoms with Crippen molar-refractivity contribution < 1.29 is 5.11 Å². The van der Waals surface area contributed by atoms with Crippen LogP contribution in [0.4, 0.5) is 5.69 Å². The Morgan fingerprint density at radius 2 is 1.09 bits per heavy atom. The molecule has 0 spiro atoms. The predicted octanol–water partition coefficient (Wildman–Crippen LogP) is 4.60. The van der Waals surface area contributed by atoms with Crippen molar-refractivity contribution in [3.63, 3.8) is 0 Å². The highest BCUT2D eigenvalue weighted by Crippen LogP contribution is 2.35. The SMILES string of the molecule is CN(c1ccccc1)C(c1ccccc1)[C@@H](O)c1ccccc1. The molecule has 0 heterocycles. The lowest BCUT2D eigenvalue weighted by Crippen LogP contribution is -2.29. The van der Waals surface area contributed by atoms with E-state index in [0.717, 1.165) is 16.8 Å². The number of hydrogen-bond acceptors (Lipinski definition) is 2. The van der Waals surface area contributed by atoms with Crippen LogP contribution in [0.2, 0.25) is 0 Å². The molecule has 3 aromatic carbocycles. The van der Waals surface area contributed by atoms with E-state index < -0.39 is 6.10 Å². The third kappa shape index (κ3) is 3.43. The Morgan fingerprint density at radius 1 is 0.652 bits per heavy atom. The number of anilines is 1. The molecule has 23 heavy (non-hydrogen) atoms. The zero-order valence-electron chi connectivity index (χ0n) is 13.2. The molecule has 0 radical (unpaired) electrons. The monoisotopic (exact) mass is 303 g/mol. The van der Waals surface area contributed by atoms with Crippen LogP contribution in [0, 0.1) is 0 Å². The van der Waals surface area contributed by atoms with Gasteiger partial charge >= 0.3 is 0 Å². The third-order valence-corrected chi connectivity index (χ3v) is 4.16. The molecule has 0 fully saturated rings. The summed E-state index contributed by atoms with van der Waals surface area (Å²) in [7, 11) is 2.03. The predicted molar refractivity (Wildman–Crippen MR) is 95.4 cm³/mol. The van der Waals surface area contributed by atoms with E-state index in [0.29, 0.717) is 0 Å². The number of aliphatic hydroxyl groups is 1. The molecule has 1 N–H and O–H groups in total. The lowest BCUT2D eigenvalue weighted by Gasteiger charge is -2.34. The molecule has 3 aromatic rings. The maximum Gasteiger partial charge on any atom is 0.103 e.